The van der Waals surface area contributed by atoms with Crippen molar-refractivity contribution in [3.63, 3.8) is 0 Å². The van der Waals surface area contributed by atoms with Crippen LogP contribution in [0.1, 0.15) is 10.5 Å². The average Bonchev–Trinajstić information content (AvgIpc) is 2.54. The molecular formula is C15H10F7N3O. The van der Waals surface area contributed by atoms with Gasteiger partial charge < -0.3 is 10.6 Å². The number of carbonyl (C=O) groups excluding carboxylic acids is 1. The number of alkyl halides is 6. The number of aromatic nitrogens is 1. The number of anilines is 1. The first-order valence-corrected chi connectivity index (χ1v) is 6.87. The molecular weight excluding hydrogens is 371 g/mol. The molecule has 0 radical (unpaired) electrons. The lowest BCUT2D eigenvalue weighted by Crippen LogP contribution is -2.72. The zero-order valence-corrected chi connectivity index (χ0v) is 12.6. The quantitative estimate of drug-likeness (QED) is 0.624. The first kappa shape index (κ1) is 19.5. The van der Waals surface area contributed by atoms with Gasteiger partial charge in [0.1, 0.15) is 11.5 Å². The fourth-order valence-electron chi connectivity index (χ4n) is 1.97. The van der Waals surface area contributed by atoms with Crippen LogP contribution in [0.25, 0.3) is 0 Å². The van der Waals surface area contributed by atoms with Gasteiger partial charge in [-0.15, -0.1) is 0 Å². The number of pyridine rings is 1. The number of hydrogen-bond donors (Lipinski definition) is 2. The smallest absolute Gasteiger partial charge is 0.345 e. The van der Waals surface area contributed by atoms with Crippen molar-refractivity contribution < 1.29 is 35.5 Å². The van der Waals surface area contributed by atoms with Crippen molar-refractivity contribution >= 4 is 11.6 Å². The molecule has 1 aromatic carbocycles. The third-order valence-electron chi connectivity index (χ3n) is 3.25. The second kappa shape index (κ2) is 6.81. The predicted octanol–water partition coefficient (Wildman–Crippen LogP) is 3.88. The van der Waals surface area contributed by atoms with Crippen LogP contribution in [-0.2, 0) is 0 Å². The highest BCUT2D eigenvalue weighted by Crippen LogP contribution is 2.44. The maximum absolute atomic E-state index is 13.6. The molecule has 2 rings (SSSR count). The first-order chi connectivity index (χ1) is 12.0. The van der Waals surface area contributed by atoms with Crippen LogP contribution in [0.5, 0.6) is 0 Å². The van der Waals surface area contributed by atoms with Gasteiger partial charge in [-0.25, -0.2) is 4.39 Å². The highest BCUT2D eigenvalue weighted by Gasteiger charge is 2.72. The Morgan fingerprint density at radius 1 is 0.885 bits per heavy atom. The summed E-state index contributed by atoms with van der Waals surface area (Å²) in [6.45, 7) is 0. The van der Waals surface area contributed by atoms with Gasteiger partial charge in [0.2, 0.25) is 0 Å². The van der Waals surface area contributed by atoms with Gasteiger partial charge in [-0.2, -0.15) is 26.3 Å². The number of benzene rings is 1. The van der Waals surface area contributed by atoms with Crippen LogP contribution in [0, 0.1) is 5.82 Å². The van der Waals surface area contributed by atoms with Crippen molar-refractivity contribution in [2.45, 2.75) is 18.0 Å². The molecule has 0 saturated heterocycles. The lowest BCUT2D eigenvalue weighted by atomic mass is 10.1. The van der Waals surface area contributed by atoms with Crippen molar-refractivity contribution in [1.82, 2.24) is 10.3 Å². The molecule has 26 heavy (non-hydrogen) atoms. The third-order valence-corrected chi connectivity index (χ3v) is 3.25. The first-order valence-electron chi connectivity index (χ1n) is 6.87. The standard InChI is InChI=1S/C15H10F7N3O/c16-9-5-1-2-6-10(9)24-13(14(17,18)19,15(20,21)22)25-12(26)11-7-3-4-8-23-11/h1-8,24H,(H,25,26). The second-order valence-corrected chi connectivity index (χ2v) is 5.02. The Morgan fingerprint density at radius 2 is 1.46 bits per heavy atom. The fourth-order valence-corrected chi connectivity index (χ4v) is 1.97. The molecule has 1 heterocycles. The molecule has 0 aliphatic rings. The monoisotopic (exact) mass is 381 g/mol. The van der Waals surface area contributed by atoms with Gasteiger partial charge >= 0.3 is 18.0 Å². The topological polar surface area (TPSA) is 54.0 Å². The summed E-state index contributed by atoms with van der Waals surface area (Å²) in [6.07, 6.45) is -11.1. The largest absolute Gasteiger partial charge is 0.439 e. The molecule has 2 N–H and O–H groups in total. The van der Waals surface area contributed by atoms with E-state index in [1.807, 2.05) is 0 Å². The average molecular weight is 381 g/mol. The van der Waals surface area contributed by atoms with E-state index in [1.54, 1.807) is 0 Å². The number of hydrogen-bond acceptors (Lipinski definition) is 3. The molecule has 140 valence electrons. The summed E-state index contributed by atoms with van der Waals surface area (Å²) in [5, 5.41) is 1.93. The van der Waals surface area contributed by atoms with Gasteiger partial charge in [-0.1, -0.05) is 18.2 Å². The van der Waals surface area contributed by atoms with Crippen LogP contribution in [0.3, 0.4) is 0 Å². The molecule has 11 heteroatoms. The number of rotatable bonds is 4. The van der Waals surface area contributed by atoms with Crippen molar-refractivity contribution in [1.29, 1.82) is 0 Å². The Balaban J connectivity index is 2.54. The third kappa shape index (κ3) is 3.70. The normalized spacial score (nSPS) is 12.6. The molecule has 0 bridgehead atoms. The SMILES string of the molecule is O=C(NC(Nc1ccccc1F)(C(F)(F)F)C(F)(F)F)c1ccccn1. The molecule has 1 amide bonds. The number of carbonyl (C=O) groups is 1. The minimum Gasteiger partial charge on any atom is -0.345 e. The Labute approximate surface area is 142 Å². The highest BCUT2D eigenvalue weighted by molar-refractivity contribution is 5.93. The van der Waals surface area contributed by atoms with E-state index in [9.17, 15) is 35.5 Å². The van der Waals surface area contributed by atoms with Crippen molar-refractivity contribution in [3.05, 3.63) is 60.2 Å². The molecule has 4 nitrogen and oxygen atoms in total. The summed E-state index contributed by atoms with van der Waals surface area (Å²) in [5.41, 5.74) is -6.71. The van der Waals surface area contributed by atoms with Crippen LogP contribution < -0.4 is 10.6 Å². The van der Waals surface area contributed by atoms with E-state index in [0.717, 1.165) is 35.0 Å². The predicted molar refractivity (Wildman–Crippen MR) is 76.6 cm³/mol. The molecule has 0 fully saturated rings. The zero-order valence-electron chi connectivity index (χ0n) is 12.6. The lowest BCUT2D eigenvalue weighted by molar-refractivity contribution is -0.294. The lowest BCUT2D eigenvalue weighted by Gasteiger charge is -2.38. The Morgan fingerprint density at radius 3 is 1.96 bits per heavy atom. The molecule has 2 aromatic rings. The van der Waals surface area contributed by atoms with Crippen LogP contribution in [0.2, 0.25) is 0 Å². The summed E-state index contributed by atoms with van der Waals surface area (Å²) in [5.74, 6) is -3.11. The summed E-state index contributed by atoms with van der Waals surface area (Å²) < 4.78 is 94.2. The summed E-state index contributed by atoms with van der Waals surface area (Å²) in [6, 6.07) is 6.90. The molecule has 0 unspecified atom stereocenters. The minimum absolute atomic E-state index is 0.667. The van der Waals surface area contributed by atoms with Gasteiger partial charge in [-0.05, 0) is 24.3 Å². The van der Waals surface area contributed by atoms with Gasteiger partial charge in [-0.3, -0.25) is 9.78 Å². The molecule has 0 aliphatic heterocycles. The zero-order chi connectivity index (χ0) is 19.6. The van der Waals surface area contributed by atoms with E-state index in [-0.39, 0.29) is 0 Å². The van der Waals surface area contributed by atoms with Crippen molar-refractivity contribution in [2.75, 3.05) is 5.32 Å². The van der Waals surface area contributed by atoms with Crippen molar-refractivity contribution in [3.8, 4) is 0 Å². The summed E-state index contributed by atoms with van der Waals surface area (Å²) >= 11 is 0. The fraction of sp³-hybridized carbons (Fsp3) is 0.200. The second-order valence-electron chi connectivity index (χ2n) is 5.02. The molecule has 1 aromatic heterocycles. The molecule has 0 saturated carbocycles. The number of halogens is 7. The van der Waals surface area contributed by atoms with Crippen LogP contribution in [0.15, 0.2) is 48.7 Å². The number of para-hydroxylation sites is 1. The number of nitrogens with one attached hydrogen (secondary N) is 2. The minimum atomic E-state index is -6.06. The summed E-state index contributed by atoms with van der Waals surface area (Å²) in [4.78, 5) is 15.3. The maximum atomic E-state index is 13.6. The number of amides is 1. The Bertz CT molecular complexity index is 761. The Kier molecular flexibility index (Phi) is 5.10. The summed E-state index contributed by atoms with van der Waals surface area (Å²) in [7, 11) is 0. The molecule has 0 spiro atoms. The Hall–Kier alpha value is -2.85. The van der Waals surface area contributed by atoms with Gasteiger partial charge in [0.25, 0.3) is 5.91 Å². The molecule has 0 atom stereocenters. The number of nitrogens with zero attached hydrogens (tertiary/aromatic N) is 1. The van der Waals surface area contributed by atoms with Gasteiger partial charge in [0.05, 0.1) is 5.69 Å². The van der Waals surface area contributed by atoms with E-state index in [4.69, 9.17) is 0 Å². The highest BCUT2D eigenvalue weighted by atomic mass is 19.4. The maximum Gasteiger partial charge on any atom is 0.439 e. The van der Waals surface area contributed by atoms with E-state index >= 15 is 0 Å². The van der Waals surface area contributed by atoms with E-state index in [0.29, 0.717) is 12.1 Å². The van der Waals surface area contributed by atoms with Crippen LogP contribution in [-0.4, -0.2) is 28.9 Å². The van der Waals surface area contributed by atoms with Gasteiger partial charge in [0, 0.05) is 6.20 Å². The van der Waals surface area contributed by atoms with E-state index in [1.165, 1.54) is 12.1 Å². The van der Waals surface area contributed by atoms with Crippen molar-refractivity contribution in [2.24, 2.45) is 0 Å². The molecule has 0 aliphatic carbocycles. The van der Waals surface area contributed by atoms with E-state index < -0.39 is 41.1 Å². The van der Waals surface area contributed by atoms with E-state index in [2.05, 4.69) is 4.98 Å². The van der Waals surface area contributed by atoms with Gasteiger partial charge in [0.15, 0.2) is 0 Å². The van der Waals surface area contributed by atoms with Crippen LogP contribution in [0.4, 0.5) is 36.4 Å². The van der Waals surface area contributed by atoms with Crippen LogP contribution >= 0.6 is 0 Å².